The minimum Gasteiger partial charge on any atom is -0.465 e. The van der Waals surface area contributed by atoms with Crippen molar-refractivity contribution in [2.24, 2.45) is 0 Å². The minimum absolute atomic E-state index is 0.218. The molecule has 10 aromatic rings. The number of methoxy groups -OCH3 is 2. The highest BCUT2D eigenvalue weighted by molar-refractivity contribution is 14.1. The highest BCUT2D eigenvalue weighted by atomic mass is 127. The van der Waals surface area contributed by atoms with E-state index in [1.165, 1.54) is 14.2 Å². The number of fused-ring (bicyclic) bond motifs is 2. The fraction of sp³-hybridized carbons (Fsp3) is 0.161. The van der Waals surface area contributed by atoms with E-state index in [-0.39, 0.29) is 11.4 Å². The van der Waals surface area contributed by atoms with Crippen LogP contribution in [0.15, 0.2) is 164 Å². The van der Waals surface area contributed by atoms with E-state index >= 15 is 0 Å². The first kappa shape index (κ1) is 56.1. The number of anilines is 7. The predicted molar refractivity (Wildman–Crippen MR) is 328 cm³/mol. The molecule has 0 radical (unpaired) electrons. The van der Waals surface area contributed by atoms with E-state index in [2.05, 4.69) is 62.0 Å². The average molecular weight is 1200 g/mol. The van der Waals surface area contributed by atoms with Crippen LogP contribution in [-0.2, 0) is 14.9 Å². The third kappa shape index (κ3) is 14.5. The molecule has 0 aliphatic heterocycles. The number of esters is 2. The van der Waals surface area contributed by atoms with Crippen molar-refractivity contribution in [1.82, 2.24) is 29.7 Å². The van der Waals surface area contributed by atoms with Gasteiger partial charge in [-0.15, -0.1) is 0 Å². The molecule has 18 nitrogen and oxygen atoms in total. The van der Waals surface area contributed by atoms with Crippen LogP contribution in [0.1, 0.15) is 65.2 Å². The number of aryl methyl sites for hydroxylation is 3. The van der Waals surface area contributed by atoms with E-state index in [0.29, 0.717) is 73.8 Å². The van der Waals surface area contributed by atoms with E-state index in [0.717, 1.165) is 49.6 Å². The van der Waals surface area contributed by atoms with Crippen molar-refractivity contribution < 1.29 is 34.7 Å². The lowest BCUT2D eigenvalue weighted by Crippen LogP contribution is -2.21. The fourth-order valence-electron chi connectivity index (χ4n) is 8.43. The van der Waals surface area contributed by atoms with Gasteiger partial charge >= 0.3 is 18.0 Å². The van der Waals surface area contributed by atoms with Gasteiger partial charge in [0.25, 0.3) is 0 Å². The van der Waals surface area contributed by atoms with E-state index < -0.39 is 18.0 Å². The molecular formula is C62H60IN11O7. The molecule has 19 heteroatoms. The number of nitrogens with two attached hydrogens (primary N) is 1. The lowest BCUT2D eigenvalue weighted by atomic mass is 9.92. The zero-order chi connectivity index (χ0) is 58.5. The van der Waals surface area contributed by atoms with Gasteiger partial charge in [-0.3, -0.25) is 5.32 Å². The predicted octanol–water partition coefficient (Wildman–Crippen LogP) is 14.6. The second-order valence-electron chi connectivity index (χ2n) is 19.4. The van der Waals surface area contributed by atoms with Gasteiger partial charge in [-0.25, -0.2) is 29.0 Å². The maximum atomic E-state index is 13.4. The molecule has 0 bridgehead atoms. The maximum Gasteiger partial charge on any atom is 0.337 e. The standard InChI is InChI=1S/C38H37N7O4.C23H20N4O3.CH3I/c1-23-11-13-27(14-12-23)45-33(22-32(44-45)38(3,4)5)42-37(47)41-30-15-16-31(29-10-8-7-9-28(29)30)49-34-17-18-39-36(43-34)40-26-20-24(2)19-25(21-26)35(46)48-6;1-14-11-15(22(28)29-2)13-16(12-14)26-23-25-10-9-21(27-23)30-20-8-7-19(24)17-5-3-4-6-18(17)20;1-2/h7-22H,1-6H3,(H,39,40,43)(H2,41,42,47);3-13H,24H2,1-2H3,(H,25,26,27);1H3/i;;1D. The number of urea groups is 1. The summed E-state index contributed by atoms with van der Waals surface area (Å²) in [7, 11) is 2.69. The Balaban J connectivity index is 0.000000227. The van der Waals surface area contributed by atoms with Crippen LogP contribution in [0.5, 0.6) is 23.3 Å². The maximum absolute atomic E-state index is 13.4. The molecular weight excluding hydrogens is 1140 g/mol. The lowest BCUT2D eigenvalue weighted by molar-refractivity contribution is 0.0592. The summed E-state index contributed by atoms with van der Waals surface area (Å²) in [6.07, 6.45) is 3.18. The first-order chi connectivity index (χ1) is 39.4. The second kappa shape index (κ2) is 25.9. The number of nitrogens with one attached hydrogen (secondary N) is 4. The Bertz CT molecular complexity index is 3930. The van der Waals surface area contributed by atoms with Crippen LogP contribution in [0.3, 0.4) is 0 Å². The van der Waals surface area contributed by atoms with Gasteiger partial charge in [0, 0.05) is 76.0 Å². The van der Waals surface area contributed by atoms with E-state index in [9.17, 15) is 14.4 Å². The molecule has 0 spiro atoms. The number of rotatable bonds is 13. The summed E-state index contributed by atoms with van der Waals surface area (Å²) in [5, 5.41) is 20.4. The van der Waals surface area contributed by atoms with Gasteiger partial charge in [-0.1, -0.05) is 110 Å². The van der Waals surface area contributed by atoms with Crippen LogP contribution in [0.25, 0.3) is 27.2 Å². The number of carbonyl (C=O) groups excluding carboxylic acids is 3. The highest BCUT2D eigenvalue weighted by Crippen LogP contribution is 2.36. The zero-order valence-electron chi connectivity index (χ0n) is 46.8. The van der Waals surface area contributed by atoms with Crippen molar-refractivity contribution in [3.8, 4) is 28.9 Å². The third-order valence-corrected chi connectivity index (χ3v) is 12.2. The van der Waals surface area contributed by atoms with Crippen LogP contribution in [0.2, 0.25) is 0 Å². The van der Waals surface area contributed by atoms with E-state index in [1.807, 2.05) is 140 Å². The molecule has 0 saturated carbocycles. The second-order valence-corrected chi connectivity index (χ2v) is 19.4. The summed E-state index contributed by atoms with van der Waals surface area (Å²) in [4.78, 5) is 55.3. The summed E-state index contributed by atoms with van der Waals surface area (Å²) in [6, 6.07) is 46.0. The third-order valence-electron chi connectivity index (χ3n) is 12.2. The van der Waals surface area contributed by atoms with Gasteiger partial charge in [0.2, 0.25) is 23.7 Å². The molecule has 0 fully saturated rings. The molecule has 6 N–H and O–H groups in total. The Morgan fingerprint density at radius 1 is 0.593 bits per heavy atom. The number of benzene rings is 7. The molecule has 412 valence electrons. The monoisotopic (exact) mass is 1200 g/mol. The number of alkyl halides is 1. The number of carbonyl (C=O) groups is 3. The molecule has 0 aliphatic carbocycles. The molecule has 0 aliphatic rings. The van der Waals surface area contributed by atoms with Crippen LogP contribution >= 0.6 is 22.6 Å². The van der Waals surface area contributed by atoms with Crippen LogP contribution < -0.4 is 36.5 Å². The van der Waals surface area contributed by atoms with Gasteiger partial charge in [0.15, 0.2) is 0 Å². The number of hydrogen-bond acceptors (Lipinski definition) is 15. The molecule has 2 amide bonds. The van der Waals surface area contributed by atoms with Gasteiger partial charge in [0.1, 0.15) is 17.3 Å². The molecule has 0 unspecified atom stereocenters. The first-order valence-corrected chi connectivity index (χ1v) is 26.8. The minimum atomic E-state index is -0.435. The number of halogens is 1. The van der Waals surface area contributed by atoms with Crippen molar-refractivity contribution >= 4 is 103 Å². The molecule has 0 atom stereocenters. The van der Waals surface area contributed by atoms with Gasteiger partial charge in [-0.05, 0) is 110 Å². The van der Waals surface area contributed by atoms with Crippen molar-refractivity contribution in [2.45, 2.75) is 47.0 Å². The summed E-state index contributed by atoms with van der Waals surface area (Å²) < 4.78 is 29.8. The Kier molecular flexibility index (Phi) is 17.9. The first-order valence-electron chi connectivity index (χ1n) is 26.0. The van der Waals surface area contributed by atoms with Crippen molar-refractivity contribution in [3.63, 3.8) is 0 Å². The quantitative estimate of drug-likeness (QED) is 0.0313. The zero-order valence-corrected chi connectivity index (χ0v) is 47.9. The Hall–Kier alpha value is -9.63. The Morgan fingerprint density at radius 3 is 1.60 bits per heavy atom. The van der Waals surface area contributed by atoms with Crippen LogP contribution in [0.4, 0.5) is 45.3 Å². The number of nitrogen functional groups attached to an aromatic ring is 1. The molecule has 10 rings (SSSR count). The highest BCUT2D eigenvalue weighted by Gasteiger charge is 2.22. The van der Waals surface area contributed by atoms with Crippen LogP contribution in [-0.4, -0.2) is 66.8 Å². The van der Waals surface area contributed by atoms with Gasteiger partial charge < -0.3 is 40.6 Å². The smallest absolute Gasteiger partial charge is 0.337 e. The Labute approximate surface area is 484 Å². The number of ether oxygens (including phenoxy) is 4. The van der Waals surface area contributed by atoms with Crippen molar-refractivity contribution in [1.29, 1.82) is 0 Å². The van der Waals surface area contributed by atoms with Crippen LogP contribution in [0, 0.1) is 20.8 Å². The number of nitrogens with zero attached hydrogens (tertiary/aromatic N) is 6. The van der Waals surface area contributed by atoms with Gasteiger partial charge in [0.05, 0.1) is 42.4 Å². The molecule has 0 saturated heterocycles. The SMILES string of the molecule is COC(=O)c1cc(C)cc(Nc2nccc(Oc3ccc(N)c4ccccc34)n2)c1.COC(=O)c1cc(C)cc(Nc2nccc(Oc3ccc(NC(=O)Nc4cc(C(C)(C)C)nn4-c4ccc(C)cc4)c4ccccc34)n2)c1.[2H]CI. The fourth-order valence-corrected chi connectivity index (χ4v) is 8.43. The number of amides is 2. The lowest BCUT2D eigenvalue weighted by Gasteiger charge is -2.14. The van der Waals surface area contributed by atoms with Crippen molar-refractivity contribution in [3.05, 3.63) is 198 Å². The molecule has 3 aromatic heterocycles. The summed E-state index contributed by atoms with van der Waals surface area (Å²) in [6.45, 7) is 12.1. The Morgan fingerprint density at radius 2 is 1.09 bits per heavy atom. The van der Waals surface area contributed by atoms with Crippen molar-refractivity contribution in [2.75, 3.05) is 46.1 Å². The summed E-state index contributed by atoms with van der Waals surface area (Å²) in [5.41, 5.74) is 13.9. The number of hydrogen-bond donors (Lipinski definition) is 5. The molecule has 7 aromatic carbocycles. The topological polar surface area (TPSA) is 232 Å². The largest absolute Gasteiger partial charge is 0.465 e. The van der Waals surface area contributed by atoms with Gasteiger partial charge in [-0.2, -0.15) is 15.1 Å². The van der Waals surface area contributed by atoms with E-state index in [1.54, 1.807) is 71.7 Å². The summed E-state index contributed by atoms with van der Waals surface area (Å²) in [5.74, 6) is 2.21. The molecule has 81 heavy (non-hydrogen) atoms. The average Bonchev–Trinajstić information content (AvgIpc) is 3.89. The summed E-state index contributed by atoms with van der Waals surface area (Å²) >= 11 is 1.96. The van der Waals surface area contributed by atoms with E-state index in [4.69, 9.17) is 31.2 Å². The normalized spacial score (nSPS) is 11.0. The number of aromatic nitrogens is 6. The molecule has 3 heterocycles.